The molecular weight excluding hydrogens is 525 g/mol. The van der Waals surface area contributed by atoms with Gasteiger partial charge in [0.15, 0.2) is 5.96 Å². The molecule has 0 amide bonds. The van der Waals surface area contributed by atoms with Gasteiger partial charge in [0.25, 0.3) is 0 Å². The van der Waals surface area contributed by atoms with Crippen molar-refractivity contribution in [2.45, 2.75) is 31.8 Å². The smallest absolute Gasteiger partial charge is 0.191 e. The van der Waals surface area contributed by atoms with Crippen molar-refractivity contribution in [2.75, 3.05) is 51.8 Å². The summed E-state index contributed by atoms with van der Waals surface area (Å²) < 4.78 is 5.26. The maximum absolute atomic E-state index is 5.26. The molecule has 2 fully saturated rings. The number of aliphatic imine (C=N–C) groups is 1. The molecule has 0 aromatic heterocycles. The first-order valence-electron chi connectivity index (χ1n) is 11.9. The number of halogens is 1. The molecule has 2 N–H and O–H groups in total. The molecule has 0 spiro atoms. The molecule has 7 heteroatoms. The third-order valence-electron chi connectivity index (χ3n) is 6.70. The Hall–Kier alpha value is -2.00. The van der Waals surface area contributed by atoms with Crippen molar-refractivity contribution >= 4 is 35.6 Å². The third-order valence-corrected chi connectivity index (χ3v) is 6.70. The Balaban J connectivity index is 0.00000306. The van der Waals surface area contributed by atoms with Crippen LogP contribution in [0.2, 0.25) is 0 Å². The fourth-order valence-electron chi connectivity index (χ4n) is 4.72. The van der Waals surface area contributed by atoms with Gasteiger partial charge in [-0.15, -0.1) is 24.0 Å². The van der Waals surface area contributed by atoms with Gasteiger partial charge in [-0.1, -0.05) is 30.3 Å². The van der Waals surface area contributed by atoms with E-state index in [4.69, 9.17) is 4.74 Å². The van der Waals surface area contributed by atoms with Crippen molar-refractivity contribution < 1.29 is 4.74 Å². The first kappa shape index (κ1) is 25.6. The van der Waals surface area contributed by atoms with Crippen molar-refractivity contribution in [2.24, 2.45) is 10.9 Å². The maximum Gasteiger partial charge on any atom is 0.191 e. The van der Waals surface area contributed by atoms with Gasteiger partial charge in [0.1, 0.15) is 5.75 Å². The minimum atomic E-state index is 0. The molecule has 2 saturated heterocycles. The molecule has 2 heterocycles. The molecule has 1 unspecified atom stereocenters. The maximum atomic E-state index is 5.26. The Morgan fingerprint density at radius 2 is 1.73 bits per heavy atom. The number of guanidine groups is 1. The number of nitrogens with one attached hydrogen (secondary N) is 2. The largest absolute Gasteiger partial charge is 0.497 e. The van der Waals surface area contributed by atoms with Crippen LogP contribution >= 0.6 is 24.0 Å². The van der Waals surface area contributed by atoms with Crippen LogP contribution < -0.4 is 20.3 Å². The SMILES string of the molecule is CN=C(NCC1CCN(Cc2ccc(OC)cc2)CC1)NC1CCN(c2ccccc2)C1.I. The lowest BCUT2D eigenvalue weighted by molar-refractivity contribution is 0.178. The van der Waals surface area contributed by atoms with Crippen molar-refractivity contribution in [3.63, 3.8) is 0 Å². The van der Waals surface area contributed by atoms with Gasteiger partial charge in [-0.05, 0) is 68.1 Å². The predicted octanol–water partition coefficient (Wildman–Crippen LogP) is 3.97. The standard InChI is InChI=1S/C26H37N5O.HI/c1-27-26(29-23-14-17-31(20-23)24-6-4-3-5-7-24)28-18-21-12-15-30(16-13-21)19-22-8-10-25(32-2)11-9-22;/h3-11,21,23H,12-20H2,1-2H3,(H2,27,28,29);1H. The molecule has 2 aliphatic rings. The number of anilines is 1. The topological polar surface area (TPSA) is 52.1 Å². The van der Waals surface area contributed by atoms with Crippen molar-refractivity contribution in [3.05, 3.63) is 60.2 Å². The molecule has 0 aliphatic carbocycles. The molecule has 0 saturated carbocycles. The second-order valence-corrected chi connectivity index (χ2v) is 8.93. The van der Waals surface area contributed by atoms with Gasteiger partial charge >= 0.3 is 0 Å². The predicted molar refractivity (Wildman–Crippen MR) is 148 cm³/mol. The Bertz CT molecular complexity index is 853. The zero-order chi connectivity index (χ0) is 22.2. The number of hydrogen-bond donors (Lipinski definition) is 2. The molecule has 2 aromatic rings. The van der Waals surface area contributed by atoms with E-state index in [0.29, 0.717) is 12.0 Å². The van der Waals surface area contributed by atoms with E-state index < -0.39 is 0 Å². The van der Waals surface area contributed by atoms with Gasteiger partial charge in [-0.3, -0.25) is 9.89 Å². The average molecular weight is 564 g/mol. The van der Waals surface area contributed by atoms with E-state index in [-0.39, 0.29) is 24.0 Å². The number of benzene rings is 2. The normalized spacial score (nSPS) is 19.8. The second-order valence-electron chi connectivity index (χ2n) is 8.93. The highest BCUT2D eigenvalue weighted by Crippen LogP contribution is 2.21. The number of rotatable bonds is 7. The first-order valence-corrected chi connectivity index (χ1v) is 11.9. The molecule has 0 radical (unpaired) electrons. The summed E-state index contributed by atoms with van der Waals surface area (Å²) in [6.45, 7) is 6.43. The summed E-state index contributed by atoms with van der Waals surface area (Å²) in [4.78, 5) is 9.48. The lowest BCUT2D eigenvalue weighted by Gasteiger charge is -2.32. The molecule has 2 aliphatic heterocycles. The van der Waals surface area contributed by atoms with E-state index >= 15 is 0 Å². The highest BCUT2D eigenvalue weighted by atomic mass is 127. The number of piperidine rings is 1. The van der Waals surface area contributed by atoms with Gasteiger partial charge in [0.2, 0.25) is 0 Å². The number of likely N-dealkylation sites (tertiary alicyclic amines) is 1. The highest BCUT2D eigenvalue weighted by Gasteiger charge is 2.24. The van der Waals surface area contributed by atoms with E-state index in [1.807, 2.05) is 19.2 Å². The number of hydrogen-bond acceptors (Lipinski definition) is 4. The lowest BCUT2D eigenvalue weighted by atomic mass is 9.96. The molecular formula is C26H38IN5O. The average Bonchev–Trinajstić information content (AvgIpc) is 3.32. The van der Waals surface area contributed by atoms with Gasteiger partial charge in [-0.2, -0.15) is 0 Å². The van der Waals surface area contributed by atoms with E-state index in [1.165, 1.54) is 24.1 Å². The lowest BCUT2D eigenvalue weighted by Crippen LogP contribution is -2.47. The summed E-state index contributed by atoms with van der Waals surface area (Å²) in [5.74, 6) is 2.56. The Labute approximate surface area is 215 Å². The Kier molecular flexibility index (Phi) is 10.1. The van der Waals surface area contributed by atoms with E-state index in [0.717, 1.165) is 57.4 Å². The monoisotopic (exact) mass is 563 g/mol. The van der Waals surface area contributed by atoms with E-state index in [9.17, 15) is 0 Å². The molecule has 2 aromatic carbocycles. The fraction of sp³-hybridized carbons (Fsp3) is 0.500. The quantitative estimate of drug-likeness (QED) is 0.304. The van der Waals surface area contributed by atoms with E-state index in [1.54, 1.807) is 7.11 Å². The van der Waals surface area contributed by atoms with Crippen LogP contribution in [0.4, 0.5) is 5.69 Å². The molecule has 1 atom stereocenters. The third kappa shape index (κ3) is 7.50. The van der Waals surface area contributed by atoms with Crippen LogP contribution in [0.1, 0.15) is 24.8 Å². The van der Waals surface area contributed by atoms with Gasteiger partial charge < -0.3 is 20.3 Å². The van der Waals surface area contributed by atoms with Crippen molar-refractivity contribution in [3.8, 4) is 5.75 Å². The fourth-order valence-corrected chi connectivity index (χ4v) is 4.72. The summed E-state index contributed by atoms with van der Waals surface area (Å²) in [6.07, 6.45) is 3.59. The minimum absolute atomic E-state index is 0. The summed E-state index contributed by atoms with van der Waals surface area (Å²) in [7, 11) is 3.59. The summed E-state index contributed by atoms with van der Waals surface area (Å²) in [5.41, 5.74) is 2.66. The van der Waals surface area contributed by atoms with Crippen LogP contribution in [0.3, 0.4) is 0 Å². The van der Waals surface area contributed by atoms with E-state index in [2.05, 4.69) is 67.9 Å². The van der Waals surface area contributed by atoms with Crippen LogP contribution in [0.25, 0.3) is 0 Å². The molecule has 6 nitrogen and oxygen atoms in total. The summed E-state index contributed by atoms with van der Waals surface area (Å²) in [6, 6.07) is 19.6. The van der Waals surface area contributed by atoms with Crippen LogP contribution in [-0.4, -0.2) is 63.8 Å². The molecule has 33 heavy (non-hydrogen) atoms. The highest BCUT2D eigenvalue weighted by molar-refractivity contribution is 14.0. The molecule has 0 bridgehead atoms. The van der Waals surface area contributed by atoms with Crippen LogP contribution in [0, 0.1) is 5.92 Å². The van der Waals surface area contributed by atoms with Crippen LogP contribution in [-0.2, 0) is 6.54 Å². The minimum Gasteiger partial charge on any atom is -0.497 e. The van der Waals surface area contributed by atoms with Gasteiger partial charge in [0.05, 0.1) is 7.11 Å². The number of nitrogens with zero attached hydrogens (tertiary/aromatic N) is 3. The van der Waals surface area contributed by atoms with Crippen LogP contribution in [0.15, 0.2) is 59.6 Å². The Morgan fingerprint density at radius 1 is 1.00 bits per heavy atom. The first-order chi connectivity index (χ1) is 15.7. The second kappa shape index (κ2) is 13.0. The molecule has 4 rings (SSSR count). The number of methoxy groups -OCH3 is 1. The van der Waals surface area contributed by atoms with Crippen molar-refractivity contribution in [1.82, 2.24) is 15.5 Å². The van der Waals surface area contributed by atoms with Gasteiger partial charge in [0, 0.05) is 45.0 Å². The van der Waals surface area contributed by atoms with Crippen LogP contribution in [0.5, 0.6) is 5.75 Å². The summed E-state index contributed by atoms with van der Waals surface area (Å²) >= 11 is 0. The summed E-state index contributed by atoms with van der Waals surface area (Å²) in [5, 5.41) is 7.22. The number of para-hydroxylation sites is 1. The zero-order valence-electron chi connectivity index (χ0n) is 19.9. The zero-order valence-corrected chi connectivity index (χ0v) is 22.2. The Morgan fingerprint density at radius 3 is 2.39 bits per heavy atom. The van der Waals surface area contributed by atoms with Gasteiger partial charge in [-0.25, -0.2) is 0 Å². The number of ether oxygens (including phenoxy) is 1. The molecule has 180 valence electrons. The van der Waals surface area contributed by atoms with Crippen molar-refractivity contribution in [1.29, 1.82) is 0 Å².